The lowest BCUT2D eigenvalue weighted by molar-refractivity contribution is -0.274. The van der Waals surface area contributed by atoms with E-state index in [0.717, 1.165) is 57.9 Å². The number of hydrogen-bond donors (Lipinski definition) is 1. The maximum absolute atomic E-state index is 12.4. The Morgan fingerprint density at radius 2 is 1.81 bits per heavy atom. The number of nitrogens with zero attached hydrogens (tertiary/aromatic N) is 1. The first-order valence-electron chi connectivity index (χ1n) is 10.8. The Kier molecular flexibility index (Phi) is 7.83. The Hall–Kier alpha value is -1.94. The van der Waals surface area contributed by atoms with Gasteiger partial charge in [0.1, 0.15) is 17.6 Å². The molecule has 0 bridgehead atoms. The van der Waals surface area contributed by atoms with Crippen molar-refractivity contribution in [3.63, 3.8) is 0 Å². The Morgan fingerprint density at radius 1 is 1.03 bits per heavy atom. The molecule has 5 nitrogen and oxygen atoms in total. The van der Waals surface area contributed by atoms with Crippen molar-refractivity contribution in [2.75, 3.05) is 26.3 Å². The molecule has 2 aromatic carbocycles. The van der Waals surface area contributed by atoms with Crippen LogP contribution in [-0.2, 0) is 11.3 Å². The van der Waals surface area contributed by atoms with Crippen molar-refractivity contribution < 1.29 is 27.4 Å². The standard InChI is InChI=1S/C23H27F3N2O3S/c24-23(25,26)31-21-2-1-3-22(14-21)32-27-18-8-11-28(16-18)15-17-4-6-19(7-5-17)30-20-9-12-29-13-10-20/h1-7,14,18,20,27H,8-13,15-16H2. The smallest absolute Gasteiger partial charge is 0.490 e. The van der Waals surface area contributed by atoms with E-state index in [9.17, 15) is 13.2 Å². The molecule has 9 heteroatoms. The summed E-state index contributed by atoms with van der Waals surface area (Å²) in [6, 6.07) is 14.6. The summed E-state index contributed by atoms with van der Waals surface area (Å²) in [5, 5.41) is 0. The van der Waals surface area contributed by atoms with E-state index in [2.05, 4.69) is 26.5 Å². The van der Waals surface area contributed by atoms with Gasteiger partial charge in [-0.2, -0.15) is 0 Å². The highest BCUT2D eigenvalue weighted by Gasteiger charge is 2.31. The van der Waals surface area contributed by atoms with Crippen LogP contribution in [0, 0.1) is 0 Å². The topological polar surface area (TPSA) is 43.0 Å². The van der Waals surface area contributed by atoms with E-state index in [4.69, 9.17) is 9.47 Å². The SMILES string of the molecule is FC(F)(F)Oc1cccc(SNC2CCN(Cc3ccc(OC4CCOCC4)cc3)C2)c1. The highest BCUT2D eigenvalue weighted by Crippen LogP contribution is 2.27. The first kappa shape index (κ1) is 23.2. The van der Waals surface area contributed by atoms with Crippen LogP contribution in [0.15, 0.2) is 53.4 Å². The van der Waals surface area contributed by atoms with Gasteiger partial charge < -0.3 is 14.2 Å². The van der Waals surface area contributed by atoms with Gasteiger partial charge in [0.05, 0.1) is 13.2 Å². The molecule has 2 saturated heterocycles. The van der Waals surface area contributed by atoms with Gasteiger partial charge in [-0.3, -0.25) is 9.62 Å². The fourth-order valence-corrected chi connectivity index (χ4v) is 4.69. The summed E-state index contributed by atoms with van der Waals surface area (Å²) in [4.78, 5) is 3.06. The summed E-state index contributed by atoms with van der Waals surface area (Å²) in [5.41, 5.74) is 1.23. The average Bonchev–Trinajstić information content (AvgIpc) is 3.21. The molecule has 1 unspecified atom stereocenters. The van der Waals surface area contributed by atoms with E-state index >= 15 is 0 Å². The van der Waals surface area contributed by atoms with Crippen LogP contribution in [0.4, 0.5) is 13.2 Å². The van der Waals surface area contributed by atoms with Crippen LogP contribution in [0.1, 0.15) is 24.8 Å². The normalized spacial score (nSPS) is 20.4. The minimum absolute atomic E-state index is 0.207. The van der Waals surface area contributed by atoms with Crippen LogP contribution in [-0.4, -0.2) is 49.7 Å². The van der Waals surface area contributed by atoms with E-state index in [1.807, 2.05) is 12.1 Å². The number of halogens is 3. The zero-order valence-electron chi connectivity index (χ0n) is 17.6. The van der Waals surface area contributed by atoms with Crippen LogP contribution in [0.3, 0.4) is 0 Å². The fourth-order valence-electron chi connectivity index (χ4n) is 3.88. The molecule has 2 fully saturated rings. The molecule has 0 spiro atoms. The van der Waals surface area contributed by atoms with Crippen LogP contribution in [0.5, 0.6) is 11.5 Å². The molecule has 0 amide bonds. The molecular weight excluding hydrogens is 441 g/mol. The lowest BCUT2D eigenvalue weighted by atomic mass is 10.1. The minimum Gasteiger partial charge on any atom is -0.490 e. The lowest BCUT2D eigenvalue weighted by Gasteiger charge is -2.23. The third-order valence-corrected chi connectivity index (χ3v) is 6.40. The maximum atomic E-state index is 12.4. The van der Waals surface area contributed by atoms with Gasteiger partial charge in [0.15, 0.2) is 0 Å². The third-order valence-electron chi connectivity index (χ3n) is 5.46. The summed E-state index contributed by atoms with van der Waals surface area (Å²) in [6.07, 6.45) is -1.60. The molecule has 0 aliphatic carbocycles. The number of nitrogens with one attached hydrogen (secondary N) is 1. The highest BCUT2D eigenvalue weighted by atomic mass is 32.2. The minimum atomic E-state index is -4.68. The summed E-state index contributed by atoms with van der Waals surface area (Å²) in [7, 11) is 0. The molecule has 4 rings (SSSR count). The number of alkyl halides is 3. The molecule has 174 valence electrons. The van der Waals surface area contributed by atoms with Crippen molar-refractivity contribution in [1.29, 1.82) is 0 Å². The van der Waals surface area contributed by atoms with Crippen LogP contribution >= 0.6 is 11.9 Å². The van der Waals surface area contributed by atoms with Crippen molar-refractivity contribution in [3.05, 3.63) is 54.1 Å². The number of hydrogen-bond acceptors (Lipinski definition) is 6. The highest BCUT2D eigenvalue weighted by molar-refractivity contribution is 7.97. The van der Waals surface area contributed by atoms with E-state index in [1.54, 1.807) is 12.1 Å². The van der Waals surface area contributed by atoms with Crippen LogP contribution in [0.2, 0.25) is 0 Å². The molecule has 1 atom stereocenters. The van der Waals surface area contributed by atoms with E-state index in [-0.39, 0.29) is 17.9 Å². The van der Waals surface area contributed by atoms with Gasteiger partial charge in [0, 0.05) is 43.4 Å². The molecule has 2 aromatic rings. The fraction of sp³-hybridized carbons (Fsp3) is 0.478. The van der Waals surface area contributed by atoms with E-state index in [1.165, 1.54) is 29.6 Å². The Labute approximate surface area is 190 Å². The Morgan fingerprint density at radius 3 is 2.56 bits per heavy atom. The molecule has 0 radical (unpaired) electrons. The molecule has 2 aliphatic heterocycles. The second kappa shape index (κ2) is 10.8. The Balaban J connectivity index is 1.21. The number of rotatable bonds is 8. The third kappa shape index (κ3) is 7.30. The monoisotopic (exact) mass is 468 g/mol. The summed E-state index contributed by atoms with van der Waals surface area (Å²) in [6.45, 7) is 4.23. The van der Waals surface area contributed by atoms with Crippen molar-refractivity contribution in [3.8, 4) is 11.5 Å². The van der Waals surface area contributed by atoms with Crippen LogP contribution < -0.4 is 14.2 Å². The summed E-state index contributed by atoms with van der Waals surface area (Å²) in [5.74, 6) is 0.691. The zero-order valence-corrected chi connectivity index (χ0v) is 18.5. The number of ether oxygens (including phenoxy) is 3. The molecule has 0 aromatic heterocycles. The molecule has 2 heterocycles. The summed E-state index contributed by atoms with van der Waals surface area (Å²) < 4.78 is 55.9. The van der Waals surface area contributed by atoms with Gasteiger partial charge in [-0.05, 0) is 54.3 Å². The molecular formula is C23H27F3N2O3S. The predicted molar refractivity (Wildman–Crippen MR) is 117 cm³/mol. The Bertz CT molecular complexity index is 860. The van der Waals surface area contributed by atoms with Crippen molar-refractivity contribution in [2.24, 2.45) is 0 Å². The number of benzene rings is 2. The average molecular weight is 469 g/mol. The molecule has 2 aliphatic rings. The van der Waals surface area contributed by atoms with Crippen molar-refractivity contribution in [1.82, 2.24) is 9.62 Å². The van der Waals surface area contributed by atoms with E-state index < -0.39 is 6.36 Å². The van der Waals surface area contributed by atoms with Gasteiger partial charge in [0.25, 0.3) is 0 Å². The van der Waals surface area contributed by atoms with Gasteiger partial charge in [-0.25, -0.2) is 0 Å². The predicted octanol–water partition coefficient (Wildman–Crippen LogP) is 5.01. The second-order valence-electron chi connectivity index (χ2n) is 8.04. The summed E-state index contributed by atoms with van der Waals surface area (Å²) >= 11 is 1.34. The van der Waals surface area contributed by atoms with Gasteiger partial charge in [-0.15, -0.1) is 13.2 Å². The van der Waals surface area contributed by atoms with Crippen LogP contribution in [0.25, 0.3) is 0 Å². The van der Waals surface area contributed by atoms with Crippen molar-refractivity contribution in [2.45, 2.75) is 49.2 Å². The molecule has 1 N–H and O–H groups in total. The first-order chi connectivity index (χ1) is 15.4. The van der Waals surface area contributed by atoms with Gasteiger partial charge in [0.2, 0.25) is 0 Å². The van der Waals surface area contributed by atoms with Gasteiger partial charge in [-0.1, -0.05) is 18.2 Å². The first-order valence-corrected chi connectivity index (χ1v) is 11.6. The second-order valence-corrected chi connectivity index (χ2v) is 8.95. The quantitative estimate of drug-likeness (QED) is 0.549. The molecule has 0 saturated carbocycles. The van der Waals surface area contributed by atoms with Gasteiger partial charge >= 0.3 is 6.36 Å². The molecule has 32 heavy (non-hydrogen) atoms. The van der Waals surface area contributed by atoms with E-state index in [0.29, 0.717) is 4.90 Å². The zero-order chi connectivity index (χ0) is 22.4. The maximum Gasteiger partial charge on any atom is 0.573 e. The lowest BCUT2D eigenvalue weighted by Crippen LogP contribution is -2.28. The van der Waals surface area contributed by atoms with Crippen molar-refractivity contribution >= 4 is 11.9 Å². The number of likely N-dealkylation sites (tertiary alicyclic amines) is 1. The largest absolute Gasteiger partial charge is 0.573 e.